The summed E-state index contributed by atoms with van der Waals surface area (Å²) in [5, 5.41) is 2.30. The highest BCUT2D eigenvalue weighted by Gasteiger charge is 2.44. The van der Waals surface area contributed by atoms with Crippen LogP contribution in [0.15, 0.2) is 41.5 Å². The molecule has 3 aliphatic rings. The molecule has 0 N–H and O–H groups in total. The van der Waals surface area contributed by atoms with Gasteiger partial charge < -0.3 is 0 Å². The molecule has 4 atom stereocenters. The number of pyridine rings is 1. The molecule has 1 aromatic carbocycles. The van der Waals surface area contributed by atoms with Crippen molar-refractivity contribution in [1.29, 1.82) is 0 Å². The van der Waals surface area contributed by atoms with E-state index in [4.69, 9.17) is 0 Å². The maximum atomic E-state index is 12.6. The van der Waals surface area contributed by atoms with Gasteiger partial charge in [-0.3, -0.25) is 9.78 Å². The van der Waals surface area contributed by atoms with Crippen LogP contribution in [0.2, 0.25) is 0 Å². The molecule has 2 saturated carbocycles. The van der Waals surface area contributed by atoms with Gasteiger partial charge in [-0.05, 0) is 87.3 Å². The zero-order chi connectivity index (χ0) is 19.1. The van der Waals surface area contributed by atoms with Gasteiger partial charge in [0.25, 0.3) is 5.91 Å². The summed E-state index contributed by atoms with van der Waals surface area (Å²) in [7, 11) is 0. The lowest BCUT2D eigenvalue weighted by molar-refractivity contribution is -0.119. The number of carbonyl (C=O) groups is 1. The van der Waals surface area contributed by atoms with E-state index in [0.29, 0.717) is 0 Å². The van der Waals surface area contributed by atoms with Crippen molar-refractivity contribution in [3.63, 3.8) is 0 Å². The van der Waals surface area contributed by atoms with Crippen molar-refractivity contribution in [1.82, 2.24) is 4.98 Å². The highest BCUT2D eigenvalue weighted by molar-refractivity contribution is 8.16. The standard InChI is InChI=1S/C24H28N2OS/c1-24(10-4-5-17-13-19-6-2-3-7-21(19)25-15-17)23(27)26-22(28-24)14-20-12-16-8-9-18(20)11-16/h2-3,6-7,13,15-16,18,20H,4-5,8-12,14H2,1H3. The lowest BCUT2D eigenvalue weighted by atomic mass is 9.87. The van der Waals surface area contributed by atoms with Crippen LogP contribution in [0.5, 0.6) is 0 Å². The molecular formula is C24H28N2OS. The fraction of sp³-hybridized carbons (Fsp3) is 0.542. The third-order valence-electron chi connectivity index (χ3n) is 7.11. The second kappa shape index (κ2) is 7.29. The predicted octanol–water partition coefficient (Wildman–Crippen LogP) is 5.81. The number of hydrogen-bond donors (Lipinski definition) is 0. The Morgan fingerprint density at radius 3 is 2.93 bits per heavy atom. The molecule has 4 heteroatoms. The monoisotopic (exact) mass is 392 g/mol. The maximum absolute atomic E-state index is 12.6. The Hall–Kier alpha value is -1.68. The quantitative estimate of drug-likeness (QED) is 0.622. The first-order chi connectivity index (χ1) is 13.6. The van der Waals surface area contributed by atoms with Crippen LogP contribution >= 0.6 is 11.8 Å². The largest absolute Gasteiger partial charge is 0.271 e. The molecule has 28 heavy (non-hydrogen) atoms. The summed E-state index contributed by atoms with van der Waals surface area (Å²) in [6.07, 6.45) is 11.5. The van der Waals surface area contributed by atoms with E-state index in [0.717, 1.165) is 54.0 Å². The lowest BCUT2D eigenvalue weighted by Gasteiger charge is -2.23. The number of para-hydroxylation sites is 1. The second-order valence-electron chi connectivity index (χ2n) is 9.17. The lowest BCUT2D eigenvalue weighted by Crippen LogP contribution is -2.27. The number of hydrogen-bond acceptors (Lipinski definition) is 3. The molecular weight excluding hydrogens is 364 g/mol. The Morgan fingerprint density at radius 2 is 2.11 bits per heavy atom. The molecule has 2 heterocycles. The fourth-order valence-electron chi connectivity index (χ4n) is 5.54. The van der Waals surface area contributed by atoms with E-state index in [2.05, 4.69) is 35.1 Å². The zero-order valence-electron chi connectivity index (χ0n) is 16.6. The predicted molar refractivity (Wildman–Crippen MR) is 117 cm³/mol. The van der Waals surface area contributed by atoms with Gasteiger partial charge in [-0.15, -0.1) is 0 Å². The van der Waals surface area contributed by atoms with Gasteiger partial charge in [0.05, 0.1) is 15.3 Å². The molecule has 5 rings (SSSR count). The summed E-state index contributed by atoms with van der Waals surface area (Å²) in [4.78, 5) is 21.7. The molecule has 2 fully saturated rings. The van der Waals surface area contributed by atoms with Crippen molar-refractivity contribution in [2.45, 2.75) is 63.0 Å². The first-order valence-corrected chi connectivity index (χ1v) is 11.6. The molecule has 1 aromatic heterocycles. The van der Waals surface area contributed by atoms with E-state index in [1.165, 1.54) is 36.6 Å². The van der Waals surface area contributed by atoms with Gasteiger partial charge in [-0.25, -0.2) is 4.99 Å². The van der Waals surface area contributed by atoms with E-state index >= 15 is 0 Å². The summed E-state index contributed by atoms with van der Waals surface area (Å²) in [5.74, 6) is 2.73. The molecule has 2 aliphatic carbocycles. The van der Waals surface area contributed by atoms with Gasteiger partial charge in [0.2, 0.25) is 0 Å². The van der Waals surface area contributed by atoms with Crippen LogP contribution in [-0.4, -0.2) is 20.7 Å². The summed E-state index contributed by atoms with van der Waals surface area (Å²) < 4.78 is -0.364. The van der Waals surface area contributed by atoms with Gasteiger partial charge in [0.1, 0.15) is 0 Å². The summed E-state index contributed by atoms with van der Waals surface area (Å²) in [6.45, 7) is 2.09. The zero-order valence-corrected chi connectivity index (χ0v) is 17.4. The van der Waals surface area contributed by atoms with Crippen LogP contribution in [0.3, 0.4) is 0 Å². The highest BCUT2D eigenvalue weighted by Crippen LogP contribution is 2.51. The number of amides is 1. The van der Waals surface area contributed by atoms with E-state index in [-0.39, 0.29) is 10.7 Å². The van der Waals surface area contributed by atoms with Crippen LogP contribution < -0.4 is 0 Å². The van der Waals surface area contributed by atoms with Crippen LogP contribution in [0.4, 0.5) is 0 Å². The average molecular weight is 393 g/mol. The molecule has 0 spiro atoms. The van der Waals surface area contributed by atoms with Crippen molar-refractivity contribution in [3.05, 3.63) is 42.1 Å². The number of rotatable bonds is 6. The second-order valence-corrected chi connectivity index (χ2v) is 10.7. The van der Waals surface area contributed by atoms with Gasteiger partial charge in [0.15, 0.2) is 0 Å². The van der Waals surface area contributed by atoms with Gasteiger partial charge in [-0.1, -0.05) is 36.4 Å². The van der Waals surface area contributed by atoms with E-state index in [9.17, 15) is 4.79 Å². The molecule has 0 saturated heterocycles. The van der Waals surface area contributed by atoms with Gasteiger partial charge in [0, 0.05) is 11.6 Å². The van der Waals surface area contributed by atoms with Gasteiger partial charge in [-0.2, -0.15) is 0 Å². The minimum Gasteiger partial charge on any atom is -0.271 e. The molecule has 4 unspecified atom stereocenters. The Bertz CT molecular complexity index is 939. The molecule has 3 nitrogen and oxygen atoms in total. The third kappa shape index (κ3) is 3.52. The van der Waals surface area contributed by atoms with Gasteiger partial charge >= 0.3 is 0 Å². The number of aliphatic imine (C=N–C) groups is 1. The fourth-order valence-corrected chi connectivity index (χ4v) is 6.86. The Morgan fingerprint density at radius 1 is 1.21 bits per heavy atom. The van der Waals surface area contributed by atoms with Crippen LogP contribution in [0, 0.1) is 17.8 Å². The smallest absolute Gasteiger partial charge is 0.262 e. The first kappa shape index (κ1) is 18.4. The summed E-state index contributed by atoms with van der Waals surface area (Å²) in [6, 6.07) is 10.5. The van der Waals surface area contributed by atoms with E-state index in [1.54, 1.807) is 11.8 Å². The average Bonchev–Trinajstić information content (AvgIpc) is 3.37. The minimum atomic E-state index is -0.364. The van der Waals surface area contributed by atoms with Crippen LogP contribution in [0.25, 0.3) is 10.9 Å². The first-order valence-electron chi connectivity index (χ1n) is 10.7. The highest BCUT2D eigenvalue weighted by atomic mass is 32.2. The Kier molecular flexibility index (Phi) is 4.78. The van der Waals surface area contributed by atoms with Crippen LogP contribution in [-0.2, 0) is 11.2 Å². The summed E-state index contributed by atoms with van der Waals surface area (Å²) >= 11 is 1.76. The summed E-state index contributed by atoms with van der Waals surface area (Å²) in [5.41, 5.74) is 2.29. The normalized spacial score (nSPS) is 31.7. The maximum Gasteiger partial charge on any atom is 0.262 e. The number of benzene rings is 1. The molecule has 0 radical (unpaired) electrons. The van der Waals surface area contributed by atoms with Crippen molar-refractivity contribution in [3.8, 4) is 0 Å². The molecule has 2 aromatic rings. The van der Waals surface area contributed by atoms with Crippen molar-refractivity contribution in [2.24, 2.45) is 22.7 Å². The number of nitrogens with zero attached hydrogens (tertiary/aromatic N) is 2. The van der Waals surface area contributed by atoms with Crippen molar-refractivity contribution in [2.75, 3.05) is 0 Å². The van der Waals surface area contributed by atoms with E-state index < -0.39 is 0 Å². The van der Waals surface area contributed by atoms with Crippen molar-refractivity contribution >= 4 is 33.6 Å². The number of thioether (sulfide) groups is 1. The SMILES string of the molecule is CC1(CCCc2cnc3ccccc3c2)SC(CC2CC3CCC2C3)=NC1=O. The molecule has 1 amide bonds. The topological polar surface area (TPSA) is 42.3 Å². The Labute approximate surface area is 171 Å². The number of aromatic nitrogens is 1. The van der Waals surface area contributed by atoms with E-state index in [1.807, 2.05) is 18.3 Å². The number of carbonyl (C=O) groups excluding carboxylic acids is 1. The molecule has 146 valence electrons. The minimum absolute atomic E-state index is 0.0901. The Balaban J connectivity index is 1.16. The van der Waals surface area contributed by atoms with Crippen LogP contribution in [0.1, 0.15) is 57.4 Å². The molecule has 2 bridgehead atoms. The number of fused-ring (bicyclic) bond motifs is 3. The van der Waals surface area contributed by atoms with Crippen molar-refractivity contribution < 1.29 is 4.79 Å². The number of aryl methyl sites for hydroxylation is 1. The molecule has 1 aliphatic heterocycles. The third-order valence-corrected chi connectivity index (χ3v) is 8.43.